The maximum absolute atomic E-state index is 6.29. The highest BCUT2D eigenvalue weighted by Crippen LogP contribution is 2.24. The standard InChI is InChI=1S/C18H16BrClN2/c1-2-16-12-22(11-14-5-3-4-6-17(14)20)18(21-16)13-7-9-15(19)10-8-13/h3-10,12H,2,11H2,1H3. The van der Waals surface area contributed by atoms with E-state index in [1.54, 1.807) is 0 Å². The van der Waals surface area contributed by atoms with Crippen molar-refractivity contribution >= 4 is 27.5 Å². The predicted octanol–water partition coefficient (Wildman–Crippen LogP) is 5.58. The summed E-state index contributed by atoms with van der Waals surface area (Å²) in [4.78, 5) is 4.76. The second kappa shape index (κ2) is 6.67. The largest absolute Gasteiger partial charge is 0.326 e. The third-order valence-corrected chi connectivity index (χ3v) is 4.49. The van der Waals surface area contributed by atoms with E-state index in [4.69, 9.17) is 16.6 Å². The lowest BCUT2D eigenvalue weighted by Crippen LogP contribution is -2.01. The van der Waals surface area contributed by atoms with Crippen molar-refractivity contribution in [2.24, 2.45) is 0 Å². The second-order valence-corrected chi connectivity index (χ2v) is 6.46. The van der Waals surface area contributed by atoms with Gasteiger partial charge < -0.3 is 4.57 Å². The van der Waals surface area contributed by atoms with E-state index < -0.39 is 0 Å². The minimum atomic E-state index is 0.720. The van der Waals surface area contributed by atoms with Crippen LogP contribution in [0.4, 0.5) is 0 Å². The molecule has 0 fully saturated rings. The number of aromatic nitrogens is 2. The minimum absolute atomic E-state index is 0.720. The average Bonchev–Trinajstić information content (AvgIpc) is 2.93. The molecule has 0 spiro atoms. The van der Waals surface area contributed by atoms with Crippen LogP contribution in [-0.2, 0) is 13.0 Å². The maximum atomic E-state index is 6.29. The highest BCUT2D eigenvalue weighted by molar-refractivity contribution is 9.10. The molecule has 2 aromatic carbocycles. The maximum Gasteiger partial charge on any atom is 0.140 e. The van der Waals surface area contributed by atoms with Crippen LogP contribution in [0.15, 0.2) is 59.2 Å². The SMILES string of the molecule is CCc1cn(Cc2ccccc2Cl)c(-c2ccc(Br)cc2)n1. The van der Waals surface area contributed by atoms with Gasteiger partial charge in [-0.3, -0.25) is 0 Å². The first-order valence-electron chi connectivity index (χ1n) is 7.22. The molecule has 0 radical (unpaired) electrons. The Morgan fingerprint density at radius 3 is 2.50 bits per heavy atom. The van der Waals surface area contributed by atoms with Gasteiger partial charge in [0, 0.05) is 21.3 Å². The summed E-state index contributed by atoms with van der Waals surface area (Å²) < 4.78 is 3.24. The quantitative estimate of drug-likeness (QED) is 0.582. The van der Waals surface area contributed by atoms with Crippen molar-refractivity contribution in [2.75, 3.05) is 0 Å². The average molecular weight is 376 g/mol. The second-order valence-electron chi connectivity index (χ2n) is 5.14. The number of rotatable bonds is 4. The van der Waals surface area contributed by atoms with Crippen molar-refractivity contribution in [2.45, 2.75) is 19.9 Å². The van der Waals surface area contributed by atoms with Crippen molar-refractivity contribution in [1.29, 1.82) is 0 Å². The lowest BCUT2D eigenvalue weighted by molar-refractivity contribution is 0.805. The van der Waals surface area contributed by atoms with Crippen LogP contribution >= 0.6 is 27.5 Å². The molecule has 0 N–H and O–H groups in total. The first-order valence-corrected chi connectivity index (χ1v) is 8.40. The van der Waals surface area contributed by atoms with E-state index in [-0.39, 0.29) is 0 Å². The van der Waals surface area contributed by atoms with Crippen molar-refractivity contribution in [3.63, 3.8) is 0 Å². The van der Waals surface area contributed by atoms with Gasteiger partial charge in [-0.25, -0.2) is 4.98 Å². The molecule has 0 unspecified atom stereocenters. The summed E-state index contributed by atoms with van der Waals surface area (Å²) >= 11 is 9.77. The van der Waals surface area contributed by atoms with Gasteiger partial charge >= 0.3 is 0 Å². The summed E-state index contributed by atoms with van der Waals surface area (Å²) in [6, 6.07) is 16.2. The first kappa shape index (κ1) is 15.3. The van der Waals surface area contributed by atoms with Crippen LogP contribution in [-0.4, -0.2) is 9.55 Å². The van der Waals surface area contributed by atoms with E-state index in [2.05, 4.69) is 51.8 Å². The minimum Gasteiger partial charge on any atom is -0.326 e. The molecule has 0 saturated heterocycles. The van der Waals surface area contributed by atoms with Gasteiger partial charge in [0.1, 0.15) is 5.82 Å². The fourth-order valence-corrected chi connectivity index (χ4v) is 2.86. The highest BCUT2D eigenvalue weighted by atomic mass is 79.9. The molecule has 2 nitrogen and oxygen atoms in total. The first-order chi connectivity index (χ1) is 10.7. The highest BCUT2D eigenvalue weighted by Gasteiger charge is 2.11. The molecule has 1 heterocycles. The van der Waals surface area contributed by atoms with Crippen LogP contribution in [0.25, 0.3) is 11.4 Å². The number of benzene rings is 2. The zero-order valence-electron chi connectivity index (χ0n) is 12.3. The summed E-state index contributed by atoms with van der Waals surface area (Å²) in [5.41, 5.74) is 3.29. The fraction of sp³-hybridized carbons (Fsp3) is 0.167. The Morgan fingerprint density at radius 1 is 1.09 bits per heavy atom. The number of nitrogens with zero attached hydrogens (tertiary/aromatic N) is 2. The van der Waals surface area contributed by atoms with Gasteiger partial charge in [0.25, 0.3) is 0 Å². The van der Waals surface area contributed by atoms with Crippen molar-refractivity contribution < 1.29 is 0 Å². The molecule has 4 heteroatoms. The van der Waals surface area contributed by atoms with Crippen molar-refractivity contribution in [3.05, 3.63) is 75.5 Å². The molecule has 112 valence electrons. The van der Waals surface area contributed by atoms with E-state index in [1.165, 1.54) is 0 Å². The Labute approximate surface area is 143 Å². The third kappa shape index (κ3) is 3.26. The lowest BCUT2D eigenvalue weighted by Gasteiger charge is -2.09. The van der Waals surface area contributed by atoms with Crippen molar-refractivity contribution in [1.82, 2.24) is 9.55 Å². The Hall–Kier alpha value is -1.58. The molecule has 0 aliphatic carbocycles. The number of hydrogen-bond acceptors (Lipinski definition) is 1. The van der Waals surface area contributed by atoms with Crippen LogP contribution in [0.3, 0.4) is 0 Å². The van der Waals surface area contributed by atoms with Gasteiger partial charge in [0.2, 0.25) is 0 Å². The monoisotopic (exact) mass is 374 g/mol. The van der Waals surface area contributed by atoms with E-state index in [0.717, 1.165) is 45.1 Å². The van der Waals surface area contributed by atoms with Gasteiger partial charge in [-0.05, 0) is 30.2 Å². The molecular formula is C18H16BrClN2. The van der Waals surface area contributed by atoms with Crippen LogP contribution in [0, 0.1) is 0 Å². The molecule has 0 bridgehead atoms. The number of aryl methyl sites for hydroxylation is 1. The van der Waals surface area contributed by atoms with Crippen LogP contribution in [0.1, 0.15) is 18.2 Å². The smallest absolute Gasteiger partial charge is 0.140 e. The van der Waals surface area contributed by atoms with Crippen LogP contribution < -0.4 is 0 Å². The predicted molar refractivity (Wildman–Crippen MR) is 95.3 cm³/mol. The van der Waals surface area contributed by atoms with E-state index >= 15 is 0 Å². The Bertz CT molecular complexity index is 778. The number of imidazole rings is 1. The summed E-state index contributed by atoms with van der Waals surface area (Å²) in [5.74, 6) is 0.976. The molecule has 0 saturated carbocycles. The number of hydrogen-bond donors (Lipinski definition) is 0. The summed E-state index contributed by atoms with van der Waals surface area (Å²) in [7, 11) is 0. The molecule has 3 aromatic rings. The zero-order valence-corrected chi connectivity index (χ0v) is 14.6. The molecule has 3 rings (SSSR count). The molecule has 0 aliphatic heterocycles. The summed E-state index contributed by atoms with van der Waals surface area (Å²) in [5, 5.41) is 0.788. The van der Waals surface area contributed by atoms with Gasteiger partial charge in [-0.2, -0.15) is 0 Å². The molecular weight excluding hydrogens is 360 g/mol. The summed E-state index contributed by atoms with van der Waals surface area (Å²) in [6.07, 6.45) is 3.03. The fourth-order valence-electron chi connectivity index (χ4n) is 2.40. The molecule has 1 aromatic heterocycles. The Morgan fingerprint density at radius 2 is 1.82 bits per heavy atom. The third-order valence-electron chi connectivity index (χ3n) is 3.59. The van der Waals surface area contributed by atoms with Crippen LogP contribution in [0.2, 0.25) is 5.02 Å². The van der Waals surface area contributed by atoms with Gasteiger partial charge in [0.15, 0.2) is 0 Å². The zero-order chi connectivity index (χ0) is 15.5. The van der Waals surface area contributed by atoms with E-state index in [0.29, 0.717) is 0 Å². The lowest BCUT2D eigenvalue weighted by atomic mass is 10.2. The summed E-state index contributed by atoms with van der Waals surface area (Å²) in [6.45, 7) is 2.84. The Balaban J connectivity index is 2.02. The normalized spacial score (nSPS) is 10.9. The van der Waals surface area contributed by atoms with E-state index in [1.807, 2.05) is 30.3 Å². The Kier molecular flexibility index (Phi) is 4.65. The molecule has 0 amide bonds. The van der Waals surface area contributed by atoms with Gasteiger partial charge in [-0.1, -0.05) is 64.8 Å². The van der Waals surface area contributed by atoms with Gasteiger partial charge in [0.05, 0.1) is 12.2 Å². The van der Waals surface area contributed by atoms with Crippen molar-refractivity contribution in [3.8, 4) is 11.4 Å². The molecule has 0 aliphatic rings. The topological polar surface area (TPSA) is 17.8 Å². The van der Waals surface area contributed by atoms with Crippen LogP contribution in [0.5, 0.6) is 0 Å². The van der Waals surface area contributed by atoms with E-state index in [9.17, 15) is 0 Å². The molecule has 0 atom stereocenters. The van der Waals surface area contributed by atoms with Gasteiger partial charge in [-0.15, -0.1) is 0 Å². The number of halogens is 2. The molecule has 22 heavy (non-hydrogen) atoms.